The summed E-state index contributed by atoms with van der Waals surface area (Å²) < 4.78 is 72.1. The van der Waals surface area contributed by atoms with Crippen molar-refractivity contribution in [3.63, 3.8) is 0 Å². The highest BCUT2D eigenvalue weighted by Gasteiger charge is 2.47. The molecule has 0 spiro atoms. The molecule has 9 nitrogen and oxygen atoms in total. The number of alkyl halides is 3. The first kappa shape index (κ1) is 17.2. The van der Waals surface area contributed by atoms with E-state index in [1.54, 1.807) is 37.5 Å². The van der Waals surface area contributed by atoms with Crippen LogP contribution in [0.2, 0.25) is 0 Å². The average molecular weight is 449 g/mol. The highest BCUT2D eigenvalue weighted by atomic mass is 19.3. The zero-order valence-electron chi connectivity index (χ0n) is 20.0. The maximum Gasteiger partial charge on any atom is 0.281 e. The number of ether oxygens (including phenoxy) is 1. The lowest BCUT2D eigenvalue weighted by molar-refractivity contribution is 0.00583. The van der Waals surface area contributed by atoms with Crippen LogP contribution < -0.4 is 10.1 Å². The molecule has 12 heteroatoms. The Bertz CT molecular complexity index is 1390. The molecule has 0 aliphatic carbocycles. The van der Waals surface area contributed by atoms with Crippen LogP contribution in [0.5, 0.6) is 5.88 Å². The first-order valence-electron chi connectivity index (χ1n) is 11.3. The van der Waals surface area contributed by atoms with E-state index in [0.717, 1.165) is 0 Å². The number of hydrogen-bond donors (Lipinski definition) is 1. The standard InChI is InChI=1S/C20H21F3N8O/c1-29-10-16(20(22,23)11-29)24-19-25-18(32-2)17-13(5-7-31(17)27-19)12-3-4-14-15(9-12)30(8-6-21)28-26-14/h3-5,7,9,16H,6,8,10-11H2,1-2H3,(H,24,27)/i2D3. The van der Waals surface area contributed by atoms with E-state index in [9.17, 15) is 13.2 Å². The van der Waals surface area contributed by atoms with Gasteiger partial charge >= 0.3 is 0 Å². The van der Waals surface area contributed by atoms with Crippen molar-refractivity contribution in [3.8, 4) is 17.0 Å². The van der Waals surface area contributed by atoms with Crippen LogP contribution in [0.15, 0.2) is 30.5 Å². The summed E-state index contributed by atoms with van der Waals surface area (Å²) in [5.41, 5.74) is 2.54. The zero-order chi connectivity index (χ0) is 25.0. The van der Waals surface area contributed by atoms with Gasteiger partial charge in [0.1, 0.15) is 23.7 Å². The number of nitrogens with one attached hydrogen (secondary N) is 1. The molecule has 1 N–H and O–H groups in total. The quantitative estimate of drug-likeness (QED) is 0.484. The van der Waals surface area contributed by atoms with Gasteiger partial charge in [-0.3, -0.25) is 4.90 Å². The molecular formula is C20H21F3N8O. The van der Waals surface area contributed by atoms with Crippen molar-refractivity contribution in [2.75, 3.05) is 39.2 Å². The second-order valence-electron chi connectivity index (χ2n) is 7.72. The van der Waals surface area contributed by atoms with E-state index in [1.165, 1.54) is 14.1 Å². The highest BCUT2D eigenvalue weighted by molar-refractivity contribution is 5.89. The average Bonchev–Trinajstić information content (AvgIpc) is 3.42. The summed E-state index contributed by atoms with van der Waals surface area (Å²) in [5.74, 6) is -3.52. The number of methoxy groups -OCH3 is 1. The smallest absolute Gasteiger partial charge is 0.281 e. The summed E-state index contributed by atoms with van der Waals surface area (Å²) in [5, 5.41) is 14.8. The van der Waals surface area contributed by atoms with Gasteiger partial charge in [0.05, 0.1) is 29.8 Å². The van der Waals surface area contributed by atoms with Gasteiger partial charge in [-0.1, -0.05) is 11.3 Å². The lowest BCUT2D eigenvalue weighted by Gasteiger charge is -2.19. The number of aromatic nitrogens is 6. The fourth-order valence-corrected chi connectivity index (χ4v) is 4.02. The Kier molecular flexibility index (Phi) is 4.09. The number of anilines is 1. The molecule has 1 fully saturated rings. The van der Waals surface area contributed by atoms with E-state index in [4.69, 9.17) is 8.85 Å². The Morgan fingerprint density at radius 1 is 1.34 bits per heavy atom. The van der Waals surface area contributed by atoms with Crippen LogP contribution in [-0.4, -0.2) is 80.3 Å². The van der Waals surface area contributed by atoms with Crippen LogP contribution in [0.1, 0.15) is 4.11 Å². The maximum atomic E-state index is 14.3. The predicted octanol–water partition coefficient (Wildman–Crippen LogP) is 2.48. The minimum Gasteiger partial charge on any atom is -0.479 e. The van der Waals surface area contributed by atoms with E-state index in [1.807, 2.05) is 0 Å². The number of halogens is 3. The molecule has 5 rings (SSSR count). The molecule has 168 valence electrons. The Labute approximate surface area is 185 Å². The second-order valence-corrected chi connectivity index (χ2v) is 7.72. The number of rotatable bonds is 6. The Morgan fingerprint density at radius 3 is 2.97 bits per heavy atom. The highest BCUT2D eigenvalue weighted by Crippen LogP contribution is 2.34. The van der Waals surface area contributed by atoms with Gasteiger partial charge in [-0.2, -0.15) is 4.98 Å². The van der Waals surface area contributed by atoms with Gasteiger partial charge in [-0.15, -0.1) is 10.2 Å². The molecule has 4 aromatic rings. The summed E-state index contributed by atoms with van der Waals surface area (Å²) >= 11 is 0. The van der Waals surface area contributed by atoms with E-state index in [2.05, 4.69) is 25.7 Å². The predicted molar refractivity (Wildman–Crippen MR) is 112 cm³/mol. The van der Waals surface area contributed by atoms with Gasteiger partial charge in [0.25, 0.3) is 5.92 Å². The van der Waals surface area contributed by atoms with Crippen LogP contribution in [0.25, 0.3) is 27.7 Å². The topological polar surface area (TPSA) is 85.4 Å². The lowest BCUT2D eigenvalue weighted by Crippen LogP contribution is -2.38. The molecule has 0 bridgehead atoms. The number of benzene rings is 1. The summed E-state index contributed by atoms with van der Waals surface area (Å²) in [6, 6.07) is 5.59. The van der Waals surface area contributed by atoms with Crippen molar-refractivity contribution in [1.29, 1.82) is 0 Å². The number of likely N-dealkylation sites (tertiary alicyclic amines) is 1. The summed E-state index contributed by atoms with van der Waals surface area (Å²) in [4.78, 5) is 5.62. The number of hydrogen-bond acceptors (Lipinski definition) is 7. The van der Waals surface area contributed by atoms with Crippen molar-refractivity contribution in [2.45, 2.75) is 18.5 Å². The van der Waals surface area contributed by atoms with Crippen LogP contribution in [0, 0.1) is 0 Å². The molecule has 1 saturated heterocycles. The molecular weight excluding hydrogens is 425 g/mol. The van der Waals surface area contributed by atoms with Crippen molar-refractivity contribution in [3.05, 3.63) is 30.5 Å². The fourth-order valence-electron chi connectivity index (χ4n) is 4.02. The van der Waals surface area contributed by atoms with Crippen molar-refractivity contribution < 1.29 is 22.0 Å². The van der Waals surface area contributed by atoms with Gasteiger partial charge in [-0.05, 0) is 30.8 Å². The summed E-state index contributed by atoms with van der Waals surface area (Å²) in [7, 11) is -1.27. The number of nitrogens with zero attached hydrogens (tertiary/aromatic N) is 7. The summed E-state index contributed by atoms with van der Waals surface area (Å²) in [6.07, 6.45) is 1.55. The Morgan fingerprint density at radius 2 is 2.22 bits per heavy atom. The third-order valence-corrected chi connectivity index (χ3v) is 5.49. The van der Waals surface area contributed by atoms with Crippen molar-refractivity contribution in [1.82, 2.24) is 34.5 Å². The van der Waals surface area contributed by atoms with Gasteiger partial charge in [0, 0.05) is 18.3 Å². The van der Waals surface area contributed by atoms with Gasteiger partial charge in [0.15, 0.2) is 0 Å². The van der Waals surface area contributed by atoms with Crippen LogP contribution in [0.3, 0.4) is 0 Å². The molecule has 32 heavy (non-hydrogen) atoms. The number of aryl methyl sites for hydroxylation is 1. The van der Waals surface area contributed by atoms with Crippen molar-refractivity contribution >= 4 is 22.5 Å². The van der Waals surface area contributed by atoms with E-state index in [0.29, 0.717) is 22.2 Å². The molecule has 3 aromatic heterocycles. The normalized spacial score (nSPS) is 20.4. The molecule has 0 radical (unpaired) electrons. The van der Waals surface area contributed by atoms with Crippen LogP contribution in [0.4, 0.5) is 19.1 Å². The van der Waals surface area contributed by atoms with Gasteiger partial charge < -0.3 is 10.1 Å². The first-order chi connectivity index (χ1) is 16.5. The largest absolute Gasteiger partial charge is 0.479 e. The zero-order valence-corrected chi connectivity index (χ0v) is 17.0. The second kappa shape index (κ2) is 7.62. The molecule has 4 heterocycles. The minimum atomic E-state index is -3.02. The molecule has 1 unspecified atom stereocenters. The van der Waals surface area contributed by atoms with E-state index in [-0.39, 0.29) is 30.4 Å². The van der Waals surface area contributed by atoms with Crippen LogP contribution in [-0.2, 0) is 6.54 Å². The molecule has 1 aliphatic rings. The van der Waals surface area contributed by atoms with E-state index >= 15 is 0 Å². The maximum absolute atomic E-state index is 14.3. The van der Waals surface area contributed by atoms with Crippen molar-refractivity contribution in [2.24, 2.45) is 0 Å². The lowest BCUT2D eigenvalue weighted by atomic mass is 10.1. The monoisotopic (exact) mass is 449 g/mol. The molecule has 1 atom stereocenters. The SMILES string of the molecule is [2H]C([2H])([2H])Oc1nc(NC2CN(C)CC2(F)F)nn2ccc(-c3ccc4nnn(CCF)c4c3)c12. The third-order valence-electron chi connectivity index (χ3n) is 5.49. The Hall–Kier alpha value is -3.41. The molecule has 1 aromatic carbocycles. The van der Waals surface area contributed by atoms with E-state index < -0.39 is 32.2 Å². The van der Waals surface area contributed by atoms with Gasteiger partial charge in [0.2, 0.25) is 11.8 Å². The number of fused-ring (bicyclic) bond motifs is 2. The Balaban J connectivity index is 1.60. The number of likely N-dealkylation sites (N-methyl/N-ethyl adjacent to an activating group) is 1. The third kappa shape index (κ3) is 3.40. The fraction of sp³-hybridized carbons (Fsp3) is 0.400. The summed E-state index contributed by atoms with van der Waals surface area (Å²) in [6.45, 7) is -0.951. The molecule has 0 amide bonds. The molecule has 0 saturated carbocycles. The minimum absolute atomic E-state index is 0.0308. The first-order valence-corrected chi connectivity index (χ1v) is 9.85. The molecule has 1 aliphatic heterocycles. The van der Waals surface area contributed by atoms with Gasteiger partial charge in [-0.25, -0.2) is 22.4 Å². The van der Waals surface area contributed by atoms with Crippen LogP contribution >= 0.6 is 0 Å².